The number of anilines is 1. The van der Waals surface area contributed by atoms with Gasteiger partial charge >= 0.3 is 6.03 Å². The van der Waals surface area contributed by atoms with Crippen LogP contribution in [0.4, 0.5) is 10.6 Å². The van der Waals surface area contributed by atoms with Gasteiger partial charge in [-0.25, -0.2) is 9.78 Å². The van der Waals surface area contributed by atoms with Gasteiger partial charge in [0.15, 0.2) is 0 Å². The minimum absolute atomic E-state index is 0.253. The van der Waals surface area contributed by atoms with Crippen LogP contribution in [0.15, 0.2) is 48.8 Å². The molecule has 2 N–H and O–H groups in total. The summed E-state index contributed by atoms with van der Waals surface area (Å²) in [6.07, 6.45) is 3.58. The quantitative estimate of drug-likeness (QED) is 0.774. The van der Waals surface area contributed by atoms with E-state index in [-0.39, 0.29) is 6.03 Å². The van der Waals surface area contributed by atoms with Gasteiger partial charge in [0.05, 0.1) is 0 Å². The Bertz CT molecular complexity index is 861. The van der Waals surface area contributed by atoms with Crippen LogP contribution in [-0.2, 0) is 0 Å². The number of hydrogen-bond donors (Lipinski definition) is 2. The maximum Gasteiger partial charge on any atom is 0.320 e. The van der Waals surface area contributed by atoms with Crippen LogP contribution in [0.1, 0.15) is 12.6 Å². The van der Waals surface area contributed by atoms with Gasteiger partial charge in [0.2, 0.25) is 0 Å². The van der Waals surface area contributed by atoms with E-state index in [2.05, 4.69) is 26.7 Å². The predicted octanol–water partition coefficient (Wildman–Crippen LogP) is 3.75. The molecule has 0 aliphatic carbocycles. The Morgan fingerprint density at radius 1 is 1.17 bits per heavy atom. The molecule has 0 atom stereocenters. The smallest absolute Gasteiger partial charge is 0.320 e. The fourth-order valence-electron chi connectivity index (χ4n) is 2.52. The molecule has 0 aliphatic rings. The van der Waals surface area contributed by atoms with Gasteiger partial charge in [-0.1, -0.05) is 18.2 Å². The third-order valence-electron chi connectivity index (χ3n) is 3.55. The number of nitrogens with one attached hydrogen (secondary N) is 2. The molecule has 116 valence electrons. The molecule has 1 aromatic carbocycles. The van der Waals surface area contributed by atoms with Gasteiger partial charge < -0.3 is 5.32 Å². The monoisotopic (exact) mass is 306 g/mol. The van der Waals surface area contributed by atoms with Crippen LogP contribution in [0.5, 0.6) is 0 Å². The molecule has 3 rings (SSSR count). The van der Waals surface area contributed by atoms with Gasteiger partial charge in [0.1, 0.15) is 5.82 Å². The minimum Gasteiger partial charge on any atom is -0.338 e. The maximum atomic E-state index is 11.7. The van der Waals surface area contributed by atoms with Gasteiger partial charge in [0, 0.05) is 30.0 Å². The van der Waals surface area contributed by atoms with Crippen molar-refractivity contribution in [2.24, 2.45) is 0 Å². The van der Waals surface area contributed by atoms with Gasteiger partial charge in [0.25, 0.3) is 0 Å². The number of aryl methyl sites for hydroxylation is 1. The molecule has 0 radical (unpaired) electrons. The molecule has 5 heteroatoms. The Hall–Kier alpha value is -2.95. The van der Waals surface area contributed by atoms with Crippen molar-refractivity contribution in [3.05, 3.63) is 54.5 Å². The highest BCUT2D eigenvalue weighted by Crippen LogP contribution is 2.29. The zero-order valence-corrected chi connectivity index (χ0v) is 13.1. The molecule has 2 amide bonds. The topological polar surface area (TPSA) is 66.9 Å². The van der Waals surface area contributed by atoms with E-state index in [0.29, 0.717) is 12.4 Å². The molecule has 0 fully saturated rings. The number of aromatic nitrogens is 2. The van der Waals surface area contributed by atoms with E-state index >= 15 is 0 Å². The molecular formula is C18H18N4O. The number of nitrogens with zero attached hydrogens (tertiary/aromatic N) is 2. The van der Waals surface area contributed by atoms with Crippen molar-refractivity contribution in [2.75, 3.05) is 11.9 Å². The molecule has 5 nitrogen and oxygen atoms in total. The predicted molar refractivity (Wildman–Crippen MR) is 92.4 cm³/mol. The summed E-state index contributed by atoms with van der Waals surface area (Å²) in [5, 5.41) is 7.52. The highest BCUT2D eigenvalue weighted by molar-refractivity contribution is 5.99. The summed E-state index contributed by atoms with van der Waals surface area (Å²) < 4.78 is 0. The first-order valence-corrected chi connectivity index (χ1v) is 7.54. The normalized spacial score (nSPS) is 10.5. The second-order valence-electron chi connectivity index (χ2n) is 5.27. The van der Waals surface area contributed by atoms with E-state index in [0.717, 1.165) is 27.6 Å². The molecule has 2 heterocycles. The average molecular weight is 306 g/mol. The van der Waals surface area contributed by atoms with Gasteiger partial charge in [-0.3, -0.25) is 10.3 Å². The lowest BCUT2D eigenvalue weighted by Gasteiger charge is -2.10. The van der Waals surface area contributed by atoms with Crippen LogP contribution in [0.2, 0.25) is 0 Å². The molecule has 0 saturated heterocycles. The number of hydrogen-bond acceptors (Lipinski definition) is 3. The number of carbonyl (C=O) groups excluding carboxylic acids is 1. The number of amides is 2. The first kappa shape index (κ1) is 15.0. The molecule has 3 aromatic rings. The molecule has 0 spiro atoms. The number of benzene rings is 1. The van der Waals surface area contributed by atoms with Crippen molar-refractivity contribution in [3.63, 3.8) is 0 Å². The lowest BCUT2D eigenvalue weighted by Crippen LogP contribution is -2.28. The third-order valence-corrected chi connectivity index (χ3v) is 3.55. The van der Waals surface area contributed by atoms with E-state index in [1.54, 1.807) is 12.4 Å². The van der Waals surface area contributed by atoms with Crippen LogP contribution >= 0.6 is 0 Å². The number of pyridine rings is 2. The Kier molecular flexibility index (Phi) is 4.19. The van der Waals surface area contributed by atoms with Crippen molar-refractivity contribution in [1.82, 2.24) is 15.3 Å². The Morgan fingerprint density at radius 3 is 2.83 bits per heavy atom. The summed E-state index contributed by atoms with van der Waals surface area (Å²) in [4.78, 5) is 20.2. The summed E-state index contributed by atoms with van der Waals surface area (Å²) in [6, 6.07) is 11.8. The molecule has 2 aromatic heterocycles. The van der Waals surface area contributed by atoms with E-state index in [1.807, 2.05) is 44.2 Å². The molecular weight excluding hydrogens is 288 g/mol. The second kappa shape index (κ2) is 6.44. The second-order valence-corrected chi connectivity index (χ2v) is 5.27. The fourth-order valence-corrected chi connectivity index (χ4v) is 2.52. The van der Waals surface area contributed by atoms with E-state index in [4.69, 9.17) is 0 Å². The van der Waals surface area contributed by atoms with Crippen molar-refractivity contribution >= 4 is 22.6 Å². The molecule has 0 saturated carbocycles. The SMILES string of the molecule is CCNC(=O)Nc1cc2c(-c3ccnc(C)c3)cccc2cn1. The van der Waals surface area contributed by atoms with Gasteiger partial charge in [-0.15, -0.1) is 0 Å². The molecule has 0 bridgehead atoms. The first-order chi connectivity index (χ1) is 11.2. The highest BCUT2D eigenvalue weighted by atomic mass is 16.2. The Balaban J connectivity index is 2.06. The van der Waals surface area contributed by atoms with Gasteiger partial charge in [-0.2, -0.15) is 0 Å². The lowest BCUT2D eigenvalue weighted by molar-refractivity contribution is 0.252. The number of urea groups is 1. The zero-order chi connectivity index (χ0) is 16.2. The van der Waals surface area contributed by atoms with Crippen LogP contribution in [0, 0.1) is 6.92 Å². The minimum atomic E-state index is -0.253. The summed E-state index contributed by atoms with van der Waals surface area (Å²) in [6.45, 7) is 4.41. The van der Waals surface area contributed by atoms with Crippen molar-refractivity contribution in [1.29, 1.82) is 0 Å². The molecule has 23 heavy (non-hydrogen) atoms. The van der Waals surface area contributed by atoms with Crippen LogP contribution in [0.25, 0.3) is 21.9 Å². The van der Waals surface area contributed by atoms with Crippen molar-refractivity contribution in [3.8, 4) is 11.1 Å². The fraction of sp³-hybridized carbons (Fsp3) is 0.167. The van der Waals surface area contributed by atoms with Crippen LogP contribution in [-0.4, -0.2) is 22.5 Å². The summed E-state index contributed by atoms with van der Waals surface area (Å²) in [5.74, 6) is 0.529. The molecule has 0 aliphatic heterocycles. The van der Waals surface area contributed by atoms with Crippen LogP contribution < -0.4 is 10.6 Å². The Labute approximate surface area is 134 Å². The maximum absolute atomic E-state index is 11.7. The van der Waals surface area contributed by atoms with E-state index in [9.17, 15) is 4.79 Å². The van der Waals surface area contributed by atoms with Crippen molar-refractivity contribution in [2.45, 2.75) is 13.8 Å². The zero-order valence-electron chi connectivity index (χ0n) is 13.1. The summed E-state index contributed by atoms with van der Waals surface area (Å²) in [7, 11) is 0. The number of rotatable bonds is 3. The standard InChI is InChI=1S/C18H18N4O/c1-3-19-18(23)22-17-10-16-14(11-21-17)5-4-6-15(16)13-7-8-20-12(2)9-13/h4-11H,3H2,1-2H3,(H2,19,21,22,23). The van der Waals surface area contributed by atoms with Crippen molar-refractivity contribution < 1.29 is 4.79 Å². The molecule has 0 unspecified atom stereocenters. The lowest BCUT2D eigenvalue weighted by atomic mass is 9.99. The number of carbonyl (C=O) groups is 1. The highest BCUT2D eigenvalue weighted by Gasteiger charge is 2.07. The third kappa shape index (κ3) is 3.29. The first-order valence-electron chi connectivity index (χ1n) is 7.54. The summed E-state index contributed by atoms with van der Waals surface area (Å²) in [5.41, 5.74) is 3.15. The summed E-state index contributed by atoms with van der Waals surface area (Å²) >= 11 is 0. The largest absolute Gasteiger partial charge is 0.338 e. The van der Waals surface area contributed by atoms with Gasteiger partial charge in [-0.05, 0) is 48.6 Å². The number of fused-ring (bicyclic) bond motifs is 1. The Morgan fingerprint density at radius 2 is 2.04 bits per heavy atom. The average Bonchev–Trinajstić information content (AvgIpc) is 2.54. The van der Waals surface area contributed by atoms with E-state index in [1.165, 1.54) is 0 Å². The van der Waals surface area contributed by atoms with Crippen LogP contribution in [0.3, 0.4) is 0 Å². The van der Waals surface area contributed by atoms with E-state index < -0.39 is 0 Å².